The molecule has 1 saturated heterocycles. The van der Waals surface area contributed by atoms with E-state index in [2.05, 4.69) is 5.32 Å². The third-order valence-corrected chi connectivity index (χ3v) is 2.95. The van der Waals surface area contributed by atoms with E-state index in [9.17, 15) is 9.59 Å². The van der Waals surface area contributed by atoms with Gasteiger partial charge in [0, 0.05) is 1.43 Å². The standard InChI is InChI=1S/C11H20N2O3.H2/c1-4-9(12-3)11(15)13-7-16-6-5-10(13)8(2)14;/h9-10,12H,4-7H2,1-3H3;1H. The molecule has 0 aromatic carbocycles. The highest BCUT2D eigenvalue weighted by Gasteiger charge is 2.33. The van der Waals surface area contributed by atoms with Gasteiger partial charge >= 0.3 is 0 Å². The maximum Gasteiger partial charge on any atom is 0.242 e. The first-order chi connectivity index (χ1) is 7.61. The average Bonchev–Trinajstić information content (AvgIpc) is 2.30. The van der Waals surface area contributed by atoms with Gasteiger partial charge in [-0.25, -0.2) is 0 Å². The van der Waals surface area contributed by atoms with E-state index in [-0.39, 0.29) is 31.9 Å². The van der Waals surface area contributed by atoms with Gasteiger partial charge in [0.1, 0.15) is 6.73 Å². The van der Waals surface area contributed by atoms with Gasteiger partial charge in [-0.2, -0.15) is 0 Å². The van der Waals surface area contributed by atoms with Crippen molar-refractivity contribution in [2.45, 2.75) is 38.8 Å². The van der Waals surface area contributed by atoms with Crippen LogP contribution in [0.1, 0.15) is 28.1 Å². The molecule has 0 aliphatic carbocycles. The fourth-order valence-corrected chi connectivity index (χ4v) is 1.95. The fourth-order valence-electron chi connectivity index (χ4n) is 1.95. The van der Waals surface area contributed by atoms with Crippen LogP contribution < -0.4 is 5.32 Å². The molecule has 0 aromatic heterocycles. The van der Waals surface area contributed by atoms with Crippen molar-refractivity contribution >= 4 is 11.7 Å². The number of carbonyl (C=O) groups is 2. The molecule has 1 aliphatic rings. The largest absolute Gasteiger partial charge is 0.361 e. The van der Waals surface area contributed by atoms with Gasteiger partial charge in [-0.3, -0.25) is 9.59 Å². The SMILES string of the molecule is CCC(NC)C(=O)N1COCCC1C(C)=O.[HH]. The average molecular weight is 230 g/mol. The quantitative estimate of drug-likeness (QED) is 0.759. The molecule has 0 saturated carbocycles. The molecular weight excluding hydrogens is 208 g/mol. The lowest BCUT2D eigenvalue weighted by Crippen LogP contribution is -2.54. The van der Waals surface area contributed by atoms with Gasteiger partial charge < -0.3 is 15.0 Å². The Bertz CT molecular complexity index is 269. The predicted octanol–water partition coefficient (Wildman–Crippen LogP) is 0.394. The molecule has 1 N–H and O–H groups in total. The molecule has 1 heterocycles. The summed E-state index contributed by atoms with van der Waals surface area (Å²) in [5.74, 6) is -0.0208. The first-order valence-corrected chi connectivity index (χ1v) is 5.67. The minimum atomic E-state index is -0.316. The Morgan fingerprint density at radius 2 is 2.31 bits per heavy atom. The van der Waals surface area contributed by atoms with E-state index in [0.717, 1.165) is 0 Å². The van der Waals surface area contributed by atoms with Crippen LogP contribution in [-0.2, 0) is 14.3 Å². The molecule has 16 heavy (non-hydrogen) atoms. The lowest BCUT2D eigenvalue weighted by Gasteiger charge is -2.35. The number of rotatable bonds is 4. The van der Waals surface area contributed by atoms with Crippen molar-refractivity contribution in [3.8, 4) is 0 Å². The molecule has 1 amide bonds. The normalized spacial score (nSPS) is 22.9. The third kappa shape index (κ3) is 2.80. The number of ether oxygens (including phenoxy) is 1. The highest BCUT2D eigenvalue weighted by atomic mass is 16.5. The number of hydrogen-bond acceptors (Lipinski definition) is 4. The number of Topliss-reactive ketones (excluding diaryl/α,β-unsaturated/α-hetero) is 1. The van der Waals surface area contributed by atoms with Gasteiger partial charge in [0.25, 0.3) is 0 Å². The van der Waals surface area contributed by atoms with Crippen LogP contribution in [0.2, 0.25) is 0 Å². The minimum Gasteiger partial charge on any atom is -0.361 e. The zero-order valence-electron chi connectivity index (χ0n) is 10.2. The number of amides is 1. The molecular formula is C11H22N2O3. The van der Waals surface area contributed by atoms with Crippen LogP contribution in [0.25, 0.3) is 0 Å². The summed E-state index contributed by atoms with van der Waals surface area (Å²) in [6, 6.07) is -0.549. The number of carbonyl (C=O) groups excluding carboxylic acids is 2. The molecule has 5 nitrogen and oxygen atoms in total. The number of hydrogen-bond donors (Lipinski definition) is 1. The molecule has 5 heteroatoms. The minimum absolute atomic E-state index is 0. The Balaban J connectivity index is 0.00000256. The number of nitrogens with zero attached hydrogens (tertiary/aromatic N) is 1. The lowest BCUT2D eigenvalue weighted by molar-refractivity contribution is -0.154. The van der Waals surface area contributed by atoms with Gasteiger partial charge in [-0.05, 0) is 26.8 Å². The second-order valence-electron chi connectivity index (χ2n) is 4.01. The Hall–Kier alpha value is -0.940. The van der Waals surface area contributed by atoms with Crippen molar-refractivity contribution in [1.82, 2.24) is 10.2 Å². The zero-order chi connectivity index (χ0) is 12.1. The Morgan fingerprint density at radius 1 is 1.62 bits per heavy atom. The van der Waals surface area contributed by atoms with Crippen molar-refractivity contribution in [2.75, 3.05) is 20.4 Å². The lowest BCUT2D eigenvalue weighted by atomic mass is 10.1. The summed E-state index contributed by atoms with van der Waals surface area (Å²) in [4.78, 5) is 25.1. The van der Waals surface area contributed by atoms with Gasteiger partial charge in [0.05, 0.1) is 18.7 Å². The van der Waals surface area contributed by atoms with Crippen LogP contribution in [0, 0.1) is 0 Å². The van der Waals surface area contributed by atoms with Crippen molar-refractivity contribution < 1.29 is 15.8 Å². The maximum atomic E-state index is 12.1. The molecule has 94 valence electrons. The fraction of sp³-hybridized carbons (Fsp3) is 0.818. The summed E-state index contributed by atoms with van der Waals surface area (Å²) in [7, 11) is 1.75. The topological polar surface area (TPSA) is 58.6 Å². The highest BCUT2D eigenvalue weighted by Crippen LogP contribution is 2.14. The summed E-state index contributed by atoms with van der Waals surface area (Å²) >= 11 is 0. The molecule has 2 atom stereocenters. The van der Waals surface area contributed by atoms with Gasteiger partial charge in [0.15, 0.2) is 5.78 Å². The number of likely N-dealkylation sites (N-methyl/N-ethyl adjacent to an activating group) is 1. The highest BCUT2D eigenvalue weighted by molar-refractivity contribution is 5.89. The Morgan fingerprint density at radius 3 is 2.81 bits per heavy atom. The van der Waals surface area contributed by atoms with E-state index in [1.54, 1.807) is 7.05 Å². The van der Waals surface area contributed by atoms with Crippen LogP contribution in [0.15, 0.2) is 0 Å². The van der Waals surface area contributed by atoms with Crippen LogP contribution in [0.3, 0.4) is 0 Å². The Kier molecular flexibility index (Phi) is 4.89. The van der Waals surface area contributed by atoms with Crippen molar-refractivity contribution in [3.63, 3.8) is 0 Å². The first-order valence-electron chi connectivity index (χ1n) is 5.67. The maximum absolute atomic E-state index is 12.1. The molecule has 2 unspecified atom stereocenters. The zero-order valence-corrected chi connectivity index (χ0v) is 10.2. The molecule has 1 aliphatic heterocycles. The summed E-state index contributed by atoms with van der Waals surface area (Å²) in [5, 5.41) is 2.95. The summed E-state index contributed by atoms with van der Waals surface area (Å²) in [5.41, 5.74) is 0. The summed E-state index contributed by atoms with van der Waals surface area (Å²) < 4.78 is 5.25. The third-order valence-electron chi connectivity index (χ3n) is 2.95. The van der Waals surface area contributed by atoms with E-state index in [1.165, 1.54) is 11.8 Å². The van der Waals surface area contributed by atoms with Crippen LogP contribution in [0.4, 0.5) is 0 Å². The molecule has 0 spiro atoms. The second kappa shape index (κ2) is 5.96. The predicted molar refractivity (Wildman–Crippen MR) is 62.0 cm³/mol. The van der Waals surface area contributed by atoms with E-state index in [1.807, 2.05) is 6.92 Å². The van der Waals surface area contributed by atoms with Crippen molar-refractivity contribution in [1.29, 1.82) is 0 Å². The van der Waals surface area contributed by atoms with E-state index in [4.69, 9.17) is 4.74 Å². The van der Waals surface area contributed by atoms with Crippen LogP contribution >= 0.6 is 0 Å². The molecule has 0 bridgehead atoms. The van der Waals surface area contributed by atoms with Crippen molar-refractivity contribution in [2.24, 2.45) is 0 Å². The molecule has 1 rings (SSSR count). The number of nitrogens with one attached hydrogen (secondary N) is 1. The van der Waals surface area contributed by atoms with E-state index < -0.39 is 0 Å². The van der Waals surface area contributed by atoms with Gasteiger partial charge in [-0.15, -0.1) is 0 Å². The summed E-state index contributed by atoms with van der Waals surface area (Å²) in [6.45, 7) is 4.23. The number of ketones is 1. The van der Waals surface area contributed by atoms with Crippen LogP contribution in [-0.4, -0.2) is 49.1 Å². The van der Waals surface area contributed by atoms with Gasteiger partial charge in [-0.1, -0.05) is 6.92 Å². The van der Waals surface area contributed by atoms with E-state index in [0.29, 0.717) is 19.4 Å². The molecule has 0 aromatic rings. The van der Waals surface area contributed by atoms with Crippen LogP contribution in [0.5, 0.6) is 0 Å². The summed E-state index contributed by atoms with van der Waals surface area (Å²) in [6.07, 6.45) is 1.30. The Labute approximate surface area is 97.6 Å². The molecule has 0 radical (unpaired) electrons. The monoisotopic (exact) mass is 230 g/mol. The smallest absolute Gasteiger partial charge is 0.242 e. The molecule has 1 fully saturated rings. The van der Waals surface area contributed by atoms with E-state index >= 15 is 0 Å². The second-order valence-corrected chi connectivity index (χ2v) is 4.01. The first kappa shape index (κ1) is 13.1. The van der Waals surface area contributed by atoms with Gasteiger partial charge in [0.2, 0.25) is 5.91 Å². The van der Waals surface area contributed by atoms with Crippen molar-refractivity contribution in [3.05, 3.63) is 0 Å².